The molecule has 1 aromatic carbocycles. The Morgan fingerprint density at radius 2 is 1.65 bits per heavy atom. The fraction of sp³-hybridized carbons (Fsp3) is 0.167. The molecular weight excluding hydrogens is 279 g/mol. The summed E-state index contributed by atoms with van der Waals surface area (Å²) in [6, 6.07) is 1.24. The van der Waals surface area contributed by atoms with Crippen molar-refractivity contribution < 1.29 is 32.2 Å². The smallest absolute Gasteiger partial charge is 0.354 e. The zero-order chi connectivity index (χ0) is 15.3. The Hall–Kier alpha value is -2.51. The number of hydrogen-bond donors (Lipinski definition) is 1. The van der Waals surface area contributed by atoms with Gasteiger partial charge in [0.2, 0.25) is 0 Å². The maximum atomic E-state index is 13.0. The van der Waals surface area contributed by atoms with Crippen LogP contribution in [0.15, 0.2) is 23.9 Å². The molecule has 0 unspecified atom stereocenters. The SMILES string of the molecule is COC(=O)/C=C(/Nc1cc(F)c(F)c(F)c1)C(=O)OC. The molecular formula is C12H10F3NO4. The molecule has 5 nitrogen and oxygen atoms in total. The van der Waals surface area contributed by atoms with Crippen LogP contribution in [0, 0.1) is 17.5 Å². The average Bonchev–Trinajstić information content (AvgIpc) is 2.42. The number of carbonyl (C=O) groups is 2. The highest BCUT2D eigenvalue weighted by molar-refractivity contribution is 5.98. The number of halogens is 3. The van der Waals surface area contributed by atoms with Crippen LogP contribution in [-0.2, 0) is 19.1 Å². The number of ether oxygens (including phenoxy) is 2. The van der Waals surface area contributed by atoms with Crippen molar-refractivity contribution in [3.05, 3.63) is 41.4 Å². The van der Waals surface area contributed by atoms with Gasteiger partial charge in [0, 0.05) is 17.8 Å². The highest BCUT2D eigenvalue weighted by Gasteiger charge is 2.16. The zero-order valence-corrected chi connectivity index (χ0v) is 10.5. The summed E-state index contributed by atoms with van der Waals surface area (Å²) >= 11 is 0. The lowest BCUT2D eigenvalue weighted by Gasteiger charge is -2.09. The largest absolute Gasteiger partial charge is 0.466 e. The molecule has 0 bridgehead atoms. The van der Waals surface area contributed by atoms with Crippen LogP contribution in [0.4, 0.5) is 18.9 Å². The number of anilines is 1. The summed E-state index contributed by atoms with van der Waals surface area (Å²) in [5, 5.41) is 2.24. The number of benzene rings is 1. The van der Waals surface area contributed by atoms with Crippen LogP contribution in [0.1, 0.15) is 0 Å². The highest BCUT2D eigenvalue weighted by Crippen LogP contribution is 2.19. The normalized spacial score (nSPS) is 10.9. The van der Waals surface area contributed by atoms with Crippen LogP contribution in [0.3, 0.4) is 0 Å². The molecule has 0 atom stereocenters. The Kier molecular flexibility index (Phi) is 5.13. The first kappa shape index (κ1) is 15.5. The number of methoxy groups -OCH3 is 2. The molecule has 1 rings (SSSR count). The van der Waals surface area contributed by atoms with Gasteiger partial charge in [-0.05, 0) is 0 Å². The lowest BCUT2D eigenvalue weighted by atomic mass is 10.2. The lowest BCUT2D eigenvalue weighted by molar-refractivity contribution is -0.138. The summed E-state index contributed by atoms with van der Waals surface area (Å²) in [5.74, 6) is -6.40. The first-order valence-corrected chi connectivity index (χ1v) is 5.18. The summed E-state index contributed by atoms with van der Waals surface area (Å²) in [6.07, 6.45) is 0.727. The topological polar surface area (TPSA) is 64.6 Å². The van der Waals surface area contributed by atoms with Crippen molar-refractivity contribution in [3.8, 4) is 0 Å². The van der Waals surface area contributed by atoms with Crippen LogP contribution < -0.4 is 5.32 Å². The van der Waals surface area contributed by atoms with Gasteiger partial charge in [0.25, 0.3) is 0 Å². The van der Waals surface area contributed by atoms with E-state index in [-0.39, 0.29) is 5.69 Å². The highest BCUT2D eigenvalue weighted by atomic mass is 19.2. The minimum absolute atomic E-state index is 0.276. The van der Waals surface area contributed by atoms with Gasteiger partial charge in [0.1, 0.15) is 5.70 Å². The Morgan fingerprint density at radius 3 is 2.10 bits per heavy atom. The van der Waals surface area contributed by atoms with E-state index in [1.54, 1.807) is 0 Å². The summed E-state index contributed by atoms with van der Waals surface area (Å²) in [6.45, 7) is 0. The molecule has 20 heavy (non-hydrogen) atoms. The minimum atomic E-state index is -1.65. The molecule has 108 valence electrons. The van der Waals surface area contributed by atoms with Crippen molar-refractivity contribution in [1.82, 2.24) is 0 Å². The lowest BCUT2D eigenvalue weighted by Crippen LogP contribution is -2.15. The van der Waals surface area contributed by atoms with Crippen molar-refractivity contribution in [2.45, 2.75) is 0 Å². The molecule has 0 aromatic heterocycles. The molecule has 0 radical (unpaired) electrons. The van der Waals surface area contributed by atoms with Crippen molar-refractivity contribution in [3.63, 3.8) is 0 Å². The van der Waals surface area contributed by atoms with Crippen LogP contribution >= 0.6 is 0 Å². The Labute approximate surface area is 112 Å². The third-order valence-corrected chi connectivity index (χ3v) is 2.13. The minimum Gasteiger partial charge on any atom is -0.466 e. The molecule has 0 amide bonds. The van der Waals surface area contributed by atoms with Crippen molar-refractivity contribution in [2.24, 2.45) is 0 Å². The Balaban J connectivity index is 3.10. The zero-order valence-electron chi connectivity index (χ0n) is 10.5. The molecule has 0 fully saturated rings. The standard InChI is InChI=1S/C12H10F3NO4/c1-19-10(17)5-9(12(18)20-2)16-6-3-7(13)11(15)8(14)4-6/h3-5,16H,1-2H3/b9-5+. The number of carbonyl (C=O) groups excluding carboxylic acids is 2. The molecule has 1 aromatic rings. The number of hydrogen-bond acceptors (Lipinski definition) is 5. The second kappa shape index (κ2) is 6.60. The fourth-order valence-electron chi connectivity index (χ4n) is 1.22. The summed E-state index contributed by atoms with van der Waals surface area (Å²) in [5.41, 5.74) is -0.702. The Bertz CT molecular complexity index is 549. The molecule has 0 saturated carbocycles. The molecule has 0 saturated heterocycles. The van der Waals surface area contributed by atoms with E-state index in [0.29, 0.717) is 12.1 Å². The second-order valence-electron chi connectivity index (χ2n) is 3.45. The predicted molar refractivity (Wildman–Crippen MR) is 62.1 cm³/mol. The molecule has 8 heteroatoms. The molecule has 0 heterocycles. The first-order chi connectivity index (χ1) is 9.38. The van der Waals surface area contributed by atoms with Gasteiger partial charge in [-0.15, -0.1) is 0 Å². The van der Waals surface area contributed by atoms with Crippen molar-refractivity contribution >= 4 is 17.6 Å². The van der Waals surface area contributed by atoms with Gasteiger partial charge in [-0.25, -0.2) is 22.8 Å². The summed E-state index contributed by atoms with van der Waals surface area (Å²) in [7, 11) is 2.12. The predicted octanol–water partition coefficient (Wildman–Crippen LogP) is 1.75. The second-order valence-corrected chi connectivity index (χ2v) is 3.45. The number of nitrogens with one attached hydrogen (secondary N) is 1. The van der Waals surface area contributed by atoms with Crippen molar-refractivity contribution in [2.75, 3.05) is 19.5 Å². The first-order valence-electron chi connectivity index (χ1n) is 5.18. The van der Waals surface area contributed by atoms with E-state index in [1.807, 2.05) is 0 Å². The summed E-state index contributed by atoms with van der Waals surface area (Å²) in [4.78, 5) is 22.4. The average molecular weight is 289 g/mol. The van der Waals surface area contributed by atoms with Gasteiger partial charge >= 0.3 is 11.9 Å². The molecule has 0 aliphatic heterocycles. The maximum absolute atomic E-state index is 13.0. The third kappa shape index (κ3) is 3.74. The van der Waals surface area contributed by atoms with Gasteiger partial charge < -0.3 is 14.8 Å². The fourth-order valence-corrected chi connectivity index (χ4v) is 1.22. The van der Waals surface area contributed by atoms with E-state index in [1.165, 1.54) is 0 Å². The van der Waals surface area contributed by atoms with E-state index in [2.05, 4.69) is 14.8 Å². The number of esters is 2. The van der Waals surface area contributed by atoms with Gasteiger partial charge in [-0.3, -0.25) is 0 Å². The van der Waals surface area contributed by atoms with Crippen LogP contribution in [0.2, 0.25) is 0 Å². The third-order valence-electron chi connectivity index (χ3n) is 2.13. The number of rotatable bonds is 4. The maximum Gasteiger partial charge on any atom is 0.354 e. The molecule has 1 N–H and O–H groups in total. The Morgan fingerprint density at radius 1 is 1.10 bits per heavy atom. The molecule has 0 aliphatic rings. The van der Waals surface area contributed by atoms with Gasteiger partial charge in [-0.1, -0.05) is 0 Å². The van der Waals surface area contributed by atoms with Crippen LogP contribution in [-0.4, -0.2) is 26.2 Å². The van der Waals surface area contributed by atoms with Gasteiger partial charge in [0.05, 0.1) is 20.3 Å². The van der Waals surface area contributed by atoms with E-state index < -0.39 is 35.1 Å². The van der Waals surface area contributed by atoms with Crippen molar-refractivity contribution in [1.29, 1.82) is 0 Å². The monoisotopic (exact) mass is 289 g/mol. The summed E-state index contributed by atoms with van der Waals surface area (Å²) < 4.78 is 47.5. The van der Waals surface area contributed by atoms with Crippen LogP contribution in [0.5, 0.6) is 0 Å². The van der Waals surface area contributed by atoms with Gasteiger partial charge in [-0.2, -0.15) is 0 Å². The van der Waals surface area contributed by atoms with E-state index in [4.69, 9.17) is 0 Å². The quantitative estimate of drug-likeness (QED) is 0.519. The van der Waals surface area contributed by atoms with E-state index in [9.17, 15) is 22.8 Å². The van der Waals surface area contributed by atoms with Crippen LogP contribution in [0.25, 0.3) is 0 Å². The molecule has 0 spiro atoms. The molecule has 0 aliphatic carbocycles. The van der Waals surface area contributed by atoms with E-state index >= 15 is 0 Å². The van der Waals surface area contributed by atoms with E-state index in [0.717, 1.165) is 20.3 Å². The van der Waals surface area contributed by atoms with Gasteiger partial charge in [0.15, 0.2) is 17.5 Å².